The molecule has 0 bridgehead atoms. The summed E-state index contributed by atoms with van der Waals surface area (Å²) < 4.78 is 5.89. The van der Waals surface area contributed by atoms with Gasteiger partial charge in [0.05, 0.1) is 0 Å². The summed E-state index contributed by atoms with van der Waals surface area (Å²) in [5, 5.41) is 0.954. The Bertz CT molecular complexity index is 522. The van der Waals surface area contributed by atoms with Crippen LogP contribution in [0.3, 0.4) is 0 Å². The molecule has 0 saturated heterocycles. The number of hydrogen-bond donors (Lipinski definition) is 0. The molecule has 0 saturated carbocycles. The van der Waals surface area contributed by atoms with Crippen molar-refractivity contribution in [2.24, 2.45) is 0 Å². The summed E-state index contributed by atoms with van der Waals surface area (Å²) in [6, 6.07) is 16.9. The predicted molar refractivity (Wildman–Crippen MR) is 70.6 cm³/mol. The topological polar surface area (TPSA) is 9.23 Å². The van der Waals surface area contributed by atoms with Gasteiger partial charge in [-0.05, 0) is 0 Å². The van der Waals surface area contributed by atoms with E-state index in [1.165, 1.54) is 16.7 Å². The maximum atomic E-state index is 5.89. The Labute approximate surface area is 110 Å². The molecule has 1 aliphatic rings. The number of ether oxygens (including phenoxy) is 1. The molecule has 1 atom stereocenters. The van der Waals surface area contributed by atoms with Crippen molar-refractivity contribution in [1.29, 1.82) is 0 Å². The van der Waals surface area contributed by atoms with Crippen LogP contribution >= 0.6 is 0 Å². The molecule has 0 aliphatic carbocycles. The molecule has 2 heteroatoms. The van der Waals surface area contributed by atoms with Crippen LogP contribution < -0.4 is 4.74 Å². The third kappa shape index (κ3) is 2.11. The molecule has 0 aromatic heterocycles. The van der Waals surface area contributed by atoms with Crippen LogP contribution in [0.1, 0.15) is 5.56 Å². The van der Waals surface area contributed by atoms with Crippen LogP contribution in [0.2, 0.25) is 5.32 Å². The SMILES string of the molecule is [Se]CC1Cc2ccc(-c3ccccc3)cc2O1. The summed E-state index contributed by atoms with van der Waals surface area (Å²) in [6.07, 6.45) is 1.34. The molecule has 1 heterocycles. The van der Waals surface area contributed by atoms with Gasteiger partial charge in [-0.25, -0.2) is 0 Å². The van der Waals surface area contributed by atoms with Crippen LogP contribution in [-0.4, -0.2) is 22.1 Å². The fraction of sp³-hybridized carbons (Fsp3) is 0.200. The van der Waals surface area contributed by atoms with Crippen molar-refractivity contribution in [3.05, 3.63) is 54.1 Å². The molecule has 17 heavy (non-hydrogen) atoms. The number of fused-ring (bicyclic) bond motifs is 1. The first-order valence-corrected chi connectivity index (χ1v) is 7.01. The van der Waals surface area contributed by atoms with Crippen molar-refractivity contribution in [1.82, 2.24) is 0 Å². The quantitative estimate of drug-likeness (QED) is 0.771. The van der Waals surface area contributed by atoms with E-state index in [1.54, 1.807) is 0 Å². The zero-order chi connectivity index (χ0) is 11.7. The second-order valence-corrected chi connectivity index (χ2v) is 5.00. The van der Waals surface area contributed by atoms with Gasteiger partial charge < -0.3 is 0 Å². The Morgan fingerprint density at radius 3 is 2.65 bits per heavy atom. The van der Waals surface area contributed by atoms with E-state index in [1.807, 2.05) is 6.07 Å². The van der Waals surface area contributed by atoms with Gasteiger partial charge in [-0.3, -0.25) is 0 Å². The van der Waals surface area contributed by atoms with Crippen molar-refractivity contribution in [2.45, 2.75) is 17.8 Å². The average Bonchev–Trinajstić information content (AvgIpc) is 2.81. The third-order valence-electron chi connectivity index (χ3n) is 3.10. The average molecular weight is 288 g/mol. The van der Waals surface area contributed by atoms with Gasteiger partial charge in [0.25, 0.3) is 0 Å². The van der Waals surface area contributed by atoms with Gasteiger partial charge in [0, 0.05) is 0 Å². The second-order valence-electron chi connectivity index (χ2n) is 4.30. The first kappa shape index (κ1) is 10.9. The third-order valence-corrected chi connectivity index (χ3v) is 3.88. The second kappa shape index (κ2) is 4.56. The molecule has 1 nitrogen and oxygen atoms in total. The molecule has 0 fully saturated rings. The van der Waals surface area contributed by atoms with E-state index in [9.17, 15) is 0 Å². The monoisotopic (exact) mass is 289 g/mol. The normalized spacial score (nSPS) is 17.6. The Morgan fingerprint density at radius 1 is 1.06 bits per heavy atom. The molecule has 1 radical (unpaired) electrons. The minimum absolute atomic E-state index is 0.316. The fourth-order valence-corrected chi connectivity index (χ4v) is 2.59. The van der Waals surface area contributed by atoms with Crippen molar-refractivity contribution in [3.8, 4) is 16.9 Å². The molecular weight excluding hydrogens is 275 g/mol. The van der Waals surface area contributed by atoms with Gasteiger partial charge in [-0.1, -0.05) is 0 Å². The first-order valence-electron chi connectivity index (χ1n) is 5.80. The van der Waals surface area contributed by atoms with Crippen molar-refractivity contribution < 1.29 is 4.74 Å². The number of benzene rings is 2. The Kier molecular flexibility index (Phi) is 2.92. The van der Waals surface area contributed by atoms with E-state index >= 15 is 0 Å². The van der Waals surface area contributed by atoms with Gasteiger partial charge in [0.1, 0.15) is 0 Å². The van der Waals surface area contributed by atoms with Crippen molar-refractivity contribution >= 4 is 16.0 Å². The minimum atomic E-state index is 0.316. The summed E-state index contributed by atoms with van der Waals surface area (Å²) >= 11 is 3.04. The summed E-state index contributed by atoms with van der Waals surface area (Å²) in [5.41, 5.74) is 3.79. The van der Waals surface area contributed by atoms with Crippen molar-refractivity contribution in [3.63, 3.8) is 0 Å². The number of rotatable bonds is 2. The molecule has 2 aromatic carbocycles. The zero-order valence-corrected chi connectivity index (χ0v) is 11.1. The fourth-order valence-electron chi connectivity index (χ4n) is 2.20. The van der Waals surface area contributed by atoms with Gasteiger partial charge in [0.15, 0.2) is 0 Å². The maximum absolute atomic E-state index is 5.89. The summed E-state index contributed by atoms with van der Waals surface area (Å²) in [7, 11) is 0. The molecule has 3 rings (SSSR count). The van der Waals surface area contributed by atoms with Gasteiger partial charge in [-0.2, -0.15) is 0 Å². The molecule has 1 aliphatic heterocycles. The molecule has 1 unspecified atom stereocenters. The van der Waals surface area contributed by atoms with Crippen LogP contribution in [0.25, 0.3) is 11.1 Å². The summed E-state index contributed by atoms with van der Waals surface area (Å²) in [6.45, 7) is 0. The van der Waals surface area contributed by atoms with E-state index in [4.69, 9.17) is 4.74 Å². The standard InChI is InChI=1S/C15H13OSe/c17-10-14-8-13-7-6-12(9-15(13)16-14)11-4-2-1-3-5-11/h1-7,9,14H,8,10H2. The summed E-state index contributed by atoms with van der Waals surface area (Å²) in [5.74, 6) is 1.05. The molecule has 85 valence electrons. The number of hydrogen-bond acceptors (Lipinski definition) is 1. The van der Waals surface area contributed by atoms with Crippen LogP contribution in [0.15, 0.2) is 48.5 Å². The van der Waals surface area contributed by atoms with Gasteiger partial charge >= 0.3 is 110 Å². The molecule has 0 spiro atoms. The van der Waals surface area contributed by atoms with Gasteiger partial charge in [-0.15, -0.1) is 0 Å². The zero-order valence-electron chi connectivity index (χ0n) is 9.43. The van der Waals surface area contributed by atoms with Crippen LogP contribution in [-0.2, 0) is 6.42 Å². The molecule has 0 N–H and O–H groups in total. The Morgan fingerprint density at radius 2 is 1.88 bits per heavy atom. The Hall–Kier alpha value is -1.24. The molecular formula is C15H13OSe. The van der Waals surface area contributed by atoms with Crippen LogP contribution in [0.5, 0.6) is 5.75 Å². The van der Waals surface area contributed by atoms with E-state index in [0.29, 0.717) is 6.10 Å². The molecule has 2 aromatic rings. The van der Waals surface area contributed by atoms with Gasteiger partial charge in [0.2, 0.25) is 0 Å². The van der Waals surface area contributed by atoms with Crippen LogP contribution in [0, 0.1) is 0 Å². The predicted octanol–water partition coefficient (Wildman–Crippen LogP) is 3.24. The van der Waals surface area contributed by atoms with E-state index in [2.05, 4.69) is 58.5 Å². The summed E-state index contributed by atoms with van der Waals surface area (Å²) in [4.78, 5) is 0. The Balaban J connectivity index is 1.96. The van der Waals surface area contributed by atoms with Crippen molar-refractivity contribution in [2.75, 3.05) is 0 Å². The van der Waals surface area contributed by atoms with E-state index in [-0.39, 0.29) is 0 Å². The van der Waals surface area contributed by atoms with Crippen LogP contribution in [0.4, 0.5) is 0 Å². The van der Waals surface area contributed by atoms with E-state index in [0.717, 1.165) is 17.5 Å². The van der Waals surface area contributed by atoms with E-state index < -0.39 is 0 Å². The first-order chi connectivity index (χ1) is 8.36. The molecule has 0 amide bonds.